The summed E-state index contributed by atoms with van der Waals surface area (Å²) in [6.07, 6.45) is 0. The van der Waals surface area contributed by atoms with Gasteiger partial charge in [0.25, 0.3) is 0 Å². The van der Waals surface area contributed by atoms with Crippen molar-refractivity contribution in [2.75, 3.05) is 7.11 Å². The van der Waals surface area contributed by atoms with Gasteiger partial charge in [-0.3, -0.25) is 4.99 Å². The highest BCUT2D eigenvalue weighted by Gasteiger charge is 1.98. The molecule has 0 fully saturated rings. The molecule has 0 heterocycles. The number of aliphatic imine (C=N–C) groups is 1. The second kappa shape index (κ2) is 5.50. The van der Waals surface area contributed by atoms with Gasteiger partial charge in [-0.15, -0.1) is 0 Å². The maximum absolute atomic E-state index is 5.12. The van der Waals surface area contributed by atoms with Crippen molar-refractivity contribution in [2.45, 2.75) is 13.8 Å². The highest BCUT2D eigenvalue weighted by molar-refractivity contribution is 6.00. The van der Waals surface area contributed by atoms with E-state index >= 15 is 0 Å². The number of benzene rings is 2. The Kier molecular flexibility index (Phi) is 3.78. The molecule has 2 heteroatoms. The van der Waals surface area contributed by atoms with Crippen LogP contribution in [-0.4, -0.2) is 12.8 Å². The van der Waals surface area contributed by atoms with Crippen molar-refractivity contribution in [3.8, 4) is 5.75 Å². The Morgan fingerprint density at radius 2 is 1.56 bits per heavy atom. The summed E-state index contributed by atoms with van der Waals surface area (Å²) in [5.74, 6) is 0.849. The minimum absolute atomic E-state index is 0.849. The first kappa shape index (κ1) is 12.4. The van der Waals surface area contributed by atoms with Crippen LogP contribution in [0.5, 0.6) is 5.75 Å². The Bertz CT molecular complexity index is 538. The van der Waals surface area contributed by atoms with E-state index in [0.29, 0.717) is 0 Å². The molecule has 0 aliphatic heterocycles. The van der Waals surface area contributed by atoms with Crippen LogP contribution in [0.4, 0.5) is 5.69 Å². The molecule has 0 unspecified atom stereocenters. The average molecular weight is 239 g/mol. The molecule has 18 heavy (non-hydrogen) atoms. The zero-order valence-corrected chi connectivity index (χ0v) is 11.0. The molecule has 0 aromatic heterocycles. The standard InChI is InChI=1S/C16H17NO/c1-12-4-6-14(7-5-12)13(2)17-15-8-10-16(18-3)11-9-15/h4-11H,1-3H3. The molecular formula is C16H17NO. The predicted molar refractivity (Wildman–Crippen MR) is 76.0 cm³/mol. The molecule has 0 radical (unpaired) electrons. The van der Waals surface area contributed by atoms with Gasteiger partial charge in [0.15, 0.2) is 0 Å². The molecule has 0 amide bonds. The van der Waals surface area contributed by atoms with Gasteiger partial charge in [-0.05, 0) is 43.7 Å². The molecule has 0 saturated heterocycles. The van der Waals surface area contributed by atoms with Gasteiger partial charge in [0.2, 0.25) is 0 Å². The molecule has 0 atom stereocenters. The van der Waals surface area contributed by atoms with Crippen LogP contribution < -0.4 is 4.74 Å². The normalized spacial score (nSPS) is 11.4. The molecule has 0 bridgehead atoms. The monoisotopic (exact) mass is 239 g/mol. The fourth-order valence-corrected chi connectivity index (χ4v) is 1.71. The van der Waals surface area contributed by atoms with Crippen molar-refractivity contribution in [3.63, 3.8) is 0 Å². The summed E-state index contributed by atoms with van der Waals surface area (Å²) >= 11 is 0. The van der Waals surface area contributed by atoms with Gasteiger partial charge >= 0.3 is 0 Å². The van der Waals surface area contributed by atoms with E-state index in [2.05, 4.69) is 36.2 Å². The number of nitrogens with zero attached hydrogens (tertiary/aromatic N) is 1. The second-order valence-corrected chi connectivity index (χ2v) is 4.26. The summed E-state index contributed by atoms with van der Waals surface area (Å²) in [7, 11) is 1.66. The van der Waals surface area contributed by atoms with Gasteiger partial charge in [-0.25, -0.2) is 0 Å². The Hall–Kier alpha value is -2.09. The first-order valence-electron chi connectivity index (χ1n) is 5.95. The van der Waals surface area contributed by atoms with Gasteiger partial charge in [0, 0.05) is 5.71 Å². The van der Waals surface area contributed by atoms with E-state index in [-0.39, 0.29) is 0 Å². The van der Waals surface area contributed by atoms with E-state index < -0.39 is 0 Å². The molecule has 2 aromatic rings. The zero-order chi connectivity index (χ0) is 13.0. The molecule has 2 nitrogen and oxygen atoms in total. The van der Waals surface area contributed by atoms with Crippen molar-refractivity contribution in [3.05, 3.63) is 59.7 Å². The van der Waals surface area contributed by atoms with Gasteiger partial charge < -0.3 is 4.74 Å². The maximum atomic E-state index is 5.12. The average Bonchev–Trinajstić information content (AvgIpc) is 2.40. The molecule has 2 rings (SSSR count). The Morgan fingerprint density at radius 1 is 0.944 bits per heavy atom. The van der Waals surface area contributed by atoms with Crippen LogP contribution in [0.15, 0.2) is 53.5 Å². The van der Waals surface area contributed by atoms with E-state index in [1.54, 1.807) is 7.11 Å². The van der Waals surface area contributed by atoms with Gasteiger partial charge in [0.1, 0.15) is 5.75 Å². The van der Waals surface area contributed by atoms with Crippen LogP contribution in [0, 0.1) is 6.92 Å². The SMILES string of the molecule is COc1ccc(N=C(C)c2ccc(C)cc2)cc1. The molecule has 0 spiro atoms. The van der Waals surface area contributed by atoms with Crippen molar-refractivity contribution < 1.29 is 4.74 Å². The topological polar surface area (TPSA) is 21.6 Å². The minimum atomic E-state index is 0.849. The lowest BCUT2D eigenvalue weighted by atomic mass is 10.1. The van der Waals surface area contributed by atoms with Crippen LogP contribution in [0.3, 0.4) is 0 Å². The third kappa shape index (κ3) is 2.98. The summed E-state index contributed by atoms with van der Waals surface area (Å²) in [5.41, 5.74) is 4.36. The van der Waals surface area contributed by atoms with Crippen molar-refractivity contribution in [1.82, 2.24) is 0 Å². The number of hydrogen-bond donors (Lipinski definition) is 0. The number of methoxy groups -OCH3 is 1. The number of rotatable bonds is 3. The van der Waals surface area contributed by atoms with Gasteiger partial charge in [-0.2, -0.15) is 0 Å². The molecule has 92 valence electrons. The Labute approximate surface area is 108 Å². The molecule has 0 N–H and O–H groups in total. The third-order valence-electron chi connectivity index (χ3n) is 2.84. The van der Waals surface area contributed by atoms with Crippen LogP contribution in [0.25, 0.3) is 0 Å². The molecule has 2 aromatic carbocycles. The molecular weight excluding hydrogens is 222 g/mol. The van der Waals surface area contributed by atoms with Crippen LogP contribution in [0.1, 0.15) is 18.1 Å². The van der Waals surface area contributed by atoms with E-state index in [1.807, 2.05) is 31.2 Å². The maximum Gasteiger partial charge on any atom is 0.119 e. The molecule has 0 saturated carbocycles. The lowest BCUT2D eigenvalue weighted by Gasteiger charge is -2.03. The van der Waals surface area contributed by atoms with E-state index in [1.165, 1.54) is 5.56 Å². The van der Waals surface area contributed by atoms with E-state index in [4.69, 9.17) is 4.74 Å². The lowest BCUT2D eigenvalue weighted by Crippen LogP contribution is -1.93. The molecule has 0 aliphatic rings. The van der Waals surface area contributed by atoms with Crippen LogP contribution >= 0.6 is 0 Å². The fourth-order valence-electron chi connectivity index (χ4n) is 1.71. The zero-order valence-electron chi connectivity index (χ0n) is 11.0. The van der Waals surface area contributed by atoms with Crippen molar-refractivity contribution in [2.24, 2.45) is 4.99 Å². The van der Waals surface area contributed by atoms with Gasteiger partial charge in [-0.1, -0.05) is 29.8 Å². The Morgan fingerprint density at radius 3 is 2.11 bits per heavy atom. The van der Waals surface area contributed by atoms with Gasteiger partial charge in [0.05, 0.1) is 12.8 Å². The summed E-state index contributed by atoms with van der Waals surface area (Å²) in [4.78, 5) is 4.60. The highest BCUT2D eigenvalue weighted by Crippen LogP contribution is 2.19. The summed E-state index contributed by atoms with van der Waals surface area (Å²) in [5, 5.41) is 0. The highest BCUT2D eigenvalue weighted by atomic mass is 16.5. The quantitative estimate of drug-likeness (QED) is 0.737. The summed E-state index contributed by atoms with van der Waals surface area (Å²) < 4.78 is 5.12. The number of aryl methyl sites for hydroxylation is 1. The Balaban J connectivity index is 2.23. The summed E-state index contributed by atoms with van der Waals surface area (Å²) in [6, 6.07) is 16.1. The van der Waals surface area contributed by atoms with Crippen LogP contribution in [-0.2, 0) is 0 Å². The largest absolute Gasteiger partial charge is 0.497 e. The van der Waals surface area contributed by atoms with E-state index in [0.717, 1.165) is 22.7 Å². The molecule has 0 aliphatic carbocycles. The first-order valence-corrected chi connectivity index (χ1v) is 5.95. The second-order valence-electron chi connectivity index (χ2n) is 4.26. The first-order chi connectivity index (χ1) is 8.69. The third-order valence-corrected chi connectivity index (χ3v) is 2.84. The smallest absolute Gasteiger partial charge is 0.119 e. The van der Waals surface area contributed by atoms with Crippen molar-refractivity contribution >= 4 is 11.4 Å². The predicted octanol–water partition coefficient (Wildman–Crippen LogP) is 4.14. The number of ether oxygens (including phenoxy) is 1. The number of hydrogen-bond acceptors (Lipinski definition) is 2. The lowest BCUT2D eigenvalue weighted by molar-refractivity contribution is 0.415. The van der Waals surface area contributed by atoms with E-state index in [9.17, 15) is 0 Å². The fraction of sp³-hybridized carbons (Fsp3) is 0.188. The van der Waals surface area contributed by atoms with Crippen molar-refractivity contribution in [1.29, 1.82) is 0 Å². The summed E-state index contributed by atoms with van der Waals surface area (Å²) in [6.45, 7) is 4.11. The minimum Gasteiger partial charge on any atom is -0.497 e. The van der Waals surface area contributed by atoms with Crippen LogP contribution in [0.2, 0.25) is 0 Å².